The summed E-state index contributed by atoms with van der Waals surface area (Å²) >= 11 is 1.26. The highest BCUT2D eigenvalue weighted by molar-refractivity contribution is 7.08. The van der Waals surface area contributed by atoms with Crippen LogP contribution in [0.15, 0.2) is 41.1 Å². The Bertz CT molecular complexity index is 726. The molecular weight excluding hydrogens is 330 g/mol. The number of carbonyl (C=O) groups is 3. The van der Waals surface area contributed by atoms with Crippen LogP contribution < -0.4 is 10.4 Å². The number of methoxy groups -OCH3 is 1. The molecule has 0 saturated carbocycles. The molecule has 1 aromatic carbocycles. The van der Waals surface area contributed by atoms with Crippen molar-refractivity contribution in [1.29, 1.82) is 0 Å². The van der Waals surface area contributed by atoms with Crippen molar-refractivity contribution in [2.75, 3.05) is 12.4 Å². The molecule has 0 radical (unpaired) electrons. The lowest BCUT2D eigenvalue weighted by Gasteiger charge is -2.17. The van der Waals surface area contributed by atoms with Crippen LogP contribution in [0.3, 0.4) is 0 Å². The van der Waals surface area contributed by atoms with Crippen molar-refractivity contribution in [3.05, 3.63) is 52.2 Å². The van der Waals surface area contributed by atoms with Crippen molar-refractivity contribution in [3.8, 4) is 0 Å². The van der Waals surface area contributed by atoms with Gasteiger partial charge in [0.05, 0.1) is 18.4 Å². The highest BCUT2D eigenvalue weighted by Crippen LogP contribution is 2.26. The maximum atomic E-state index is 12.3. The van der Waals surface area contributed by atoms with Gasteiger partial charge in [0.2, 0.25) is 5.91 Å². The number of carboxylic acids is 1. The SMILES string of the molecule is COC(=O)c1cscc1NC(=O)C[C@H](CC(=O)[O-])c1ccccc1. The average Bonchev–Trinajstić information content (AvgIpc) is 3.02. The van der Waals surface area contributed by atoms with Gasteiger partial charge in [-0.3, -0.25) is 4.79 Å². The summed E-state index contributed by atoms with van der Waals surface area (Å²) in [7, 11) is 1.26. The zero-order valence-electron chi connectivity index (χ0n) is 13.0. The molecule has 0 unspecified atom stereocenters. The van der Waals surface area contributed by atoms with Crippen LogP contribution in [0.25, 0.3) is 0 Å². The number of amides is 1. The zero-order chi connectivity index (χ0) is 17.5. The maximum absolute atomic E-state index is 12.3. The summed E-state index contributed by atoms with van der Waals surface area (Å²) in [4.78, 5) is 34.8. The summed E-state index contributed by atoms with van der Waals surface area (Å²) in [6.07, 6.45) is -0.292. The van der Waals surface area contributed by atoms with E-state index in [1.807, 2.05) is 6.07 Å². The Morgan fingerprint density at radius 1 is 1.17 bits per heavy atom. The summed E-state index contributed by atoms with van der Waals surface area (Å²) in [5, 5.41) is 16.8. The summed E-state index contributed by atoms with van der Waals surface area (Å²) in [6, 6.07) is 8.91. The van der Waals surface area contributed by atoms with Gasteiger partial charge in [0.15, 0.2) is 0 Å². The van der Waals surface area contributed by atoms with E-state index in [0.717, 1.165) is 5.56 Å². The molecule has 1 heterocycles. The van der Waals surface area contributed by atoms with E-state index in [4.69, 9.17) is 0 Å². The van der Waals surface area contributed by atoms with Gasteiger partial charge in [-0.2, -0.15) is 0 Å². The molecule has 0 spiro atoms. The van der Waals surface area contributed by atoms with E-state index in [9.17, 15) is 19.5 Å². The van der Waals surface area contributed by atoms with E-state index in [1.54, 1.807) is 35.0 Å². The van der Waals surface area contributed by atoms with E-state index in [-0.39, 0.29) is 24.3 Å². The van der Waals surface area contributed by atoms with Crippen LogP contribution in [-0.2, 0) is 14.3 Å². The molecule has 0 aliphatic rings. The minimum atomic E-state index is -1.22. The fraction of sp³-hybridized carbons (Fsp3) is 0.235. The molecule has 126 valence electrons. The first-order valence-corrected chi connectivity index (χ1v) is 8.14. The minimum absolute atomic E-state index is 0.0333. The highest BCUT2D eigenvalue weighted by atomic mass is 32.1. The Balaban J connectivity index is 2.10. The number of nitrogens with one attached hydrogen (secondary N) is 1. The number of carbonyl (C=O) groups excluding carboxylic acids is 3. The molecule has 1 aromatic heterocycles. The first kappa shape index (κ1) is 17.7. The number of anilines is 1. The van der Waals surface area contributed by atoms with Crippen molar-refractivity contribution < 1.29 is 24.2 Å². The quantitative estimate of drug-likeness (QED) is 0.771. The summed E-state index contributed by atoms with van der Waals surface area (Å²) in [5.74, 6) is -2.64. The van der Waals surface area contributed by atoms with Gasteiger partial charge in [-0.05, 0) is 17.9 Å². The monoisotopic (exact) mass is 346 g/mol. The second-order valence-electron chi connectivity index (χ2n) is 5.13. The highest BCUT2D eigenvalue weighted by Gasteiger charge is 2.19. The molecule has 0 aliphatic carbocycles. The number of esters is 1. The van der Waals surface area contributed by atoms with Gasteiger partial charge >= 0.3 is 5.97 Å². The standard InChI is InChI=1S/C17H17NO5S/c1-23-17(22)13-9-24-10-14(13)18-15(19)7-12(8-16(20)21)11-5-3-2-4-6-11/h2-6,9-10,12H,7-8H2,1H3,(H,18,19)(H,20,21)/p-1/t12-/m1/s1. The fourth-order valence-corrected chi connectivity index (χ4v) is 3.07. The second kappa shape index (κ2) is 8.26. The molecule has 0 fully saturated rings. The third-order valence-electron chi connectivity index (χ3n) is 3.46. The molecule has 6 nitrogen and oxygen atoms in total. The van der Waals surface area contributed by atoms with Gasteiger partial charge < -0.3 is 20.0 Å². The van der Waals surface area contributed by atoms with Crippen molar-refractivity contribution in [3.63, 3.8) is 0 Å². The Morgan fingerprint density at radius 2 is 1.88 bits per heavy atom. The first-order valence-electron chi connectivity index (χ1n) is 7.20. The van der Waals surface area contributed by atoms with Gasteiger partial charge in [-0.1, -0.05) is 30.3 Å². The Hall–Kier alpha value is -2.67. The smallest absolute Gasteiger partial charge is 0.340 e. The van der Waals surface area contributed by atoms with Crippen molar-refractivity contribution in [2.24, 2.45) is 0 Å². The zero-order valence-corrected chi connectivity index (χ0v) is 13.8. The molecule has 2 rings (SSSR count). The van der Waals surface area contributed by atoms with Crippen LogP contribution in [-0.4, -0.2) is 25.0 Å². The third kappa shape index (κ3) is 4.66. The van der Waals surface area contributed by atoms with Gasteiger partial charge in [-0.25, -0.2) is 4.79 Å². The van der Waals surface area contributed by atoms with E-state index >= 15 is 0 Å². The predicted molar refractivity (Wildman–Crippen MR) is 87.7 cm³/mol. The van der Waals surface area contributed by atoms with Gasteiger partial charge in [0, 0.05) is 23.2 Å². The molecule has 1 atom stereocenters. The van der Waals surface area contributed by atoms with Gasteiger partial charge in [0.25, 0.3) is 0 Å². The molecule has 2 aromatic rings. The number of ether oxygens (including phenoxy) is 1. The molecule has 0 aliphatic heterocycles. The topological polar surface area (TPSA) is 95.5 Å². The lowest BCUT2D eigenvalue weighted by molar-refractivity contribution is -0.306. The van der Waals surface area contributed by atoms with E-state index in [1.165, 1.54) is 18.4 Å². The lowest BCUT2D eigenvalue weighted by Crippen LogP contribution is -2.26. The molecule has 0 bridgehead atoms. The number of thiophene rings is 1. The van der Waals surface area contributed by atoms with Crippen molar-refractivity contribution in [2.45, 2.75) is 18.8 Å². The lowest BCUT2D eigenvalue weighted by atomic mass is 9.92. The van der Waals surface area contributed by atoms with Crippen molar-refractivity contribution in [1.82, 2.24) is 0 Å². The van der Waals surface area contributed by atoms with Crippen LogP contribution in [0.2, 0.25) is 0 Å². The second-order valence-corrected chi connectivity index (χ2v) is 5.87. The predicted octanol–water partition coefficient (Wildman–Crippen LogP) is 1.79. The van der Waals surface area contributed by atoms with Crippen LogP contribution >= 0.6 is 11.3 Å². The summed E-state index contributed by atoms with van der Waals surface area (Å²) < 4.78 is 4.65. The average molecular weight is 346 g/mol. The van der Waals surface area contributed by atoms with Crippen LogP contribution in [0, 0.1) is 0 Å². The van der Waals surface area contributed by atoms with Crippen LogP contribution in [0.4, 0.5) is 5.69 Å². The molecule has 0 saturated heterocycles. The molecule has 1 N–H and O–H groups in total. The normalized spacial score (nSPS) is 11.5. The number of aliphatic carboxylic acids is 1. The number of carboxylic acid groups (broad SMARTS) is 1. The maximum Gasteiger partial charge on any atom is 0.340 e. The number of hydrogen-bond donors (Lipinski definition) is 1. The number of hydrogen-bond acceptors (Lipinski definition) is 6. The first-order chi connectivity index (χ1) is 11.5. The molecule has 1 amide bonds. The number of rotatable bonds is 7. The van der Waals surface area contributed by atoms with Gasteiger partial charge in [-0.15, -0.1) is 11.3 Å². The Labute approximate surface area is 143 Å². The number of benzene rings is 1. The summed E-state index contributed by atoms with van der Waals surface area (Å²) in [6.45, 7) is 0. The van der Waals surface area contributed by atoms with E-state index in [2.05, 4.69) is 10.1 Å². The molecule has 7 heteroatoms. The molecular formula is C17H16NO5S-. The fourth-order valence-electron chi connectivity index (χ4n) is 2.32. The van der Waals surface area contributed by atoms with Crippen molar-refractivity contribution >= 4 is 34.9 Å². The van der Waals surface area contributed by atoms with Gasteiger partial charge in [0.1, 0.15) is 0 Å². The third-order valence-corrected chi connectivity index (χ3v) is 4.20. The minimum Gasteiger partial charge on any atom is -0.550 e. The Kier molecular flexibility index (Phi) is 6.08. The van der Waals surface area contributed by atoms with Crippen LogP contribution in [0.1, 0.15) is 34.7 Å². The summed E-state index contributed by atoms with van der Waals surface area (Å²) in [5.41, 5.74) is 1.37. The van der Waals surface area contributed by atoms with Crippen LogP contribution in [0.5, 0.6) is 0 Å². The van der Waals surface area contributed by atoms with E-state index < -0.39 is 17.9 Å². The van der Waals surface area contributed by atoms with E-state index in [0.29, 0.717) is 5.69 Å². The Morgan fingerprint density at radius 3 is 2.50 bits per heavy atom. The largest absolute Gasteiger partial charge is 0.550 e. The molecule has 24 heavy (non-hydrogen) atoms.